The zero-order chi connectivity index (χ0) is 24.2. The lowest BCUT2D eigenvalue weighted by Crippen LogP contribution is -2.39. The molecule has 0 amide bonds. The van der Waals surface area contributed by atoms with Crippen LogP contribution < -0.4 is 10.6 Å². The van der Waals surface area contributed by atoms with Gasteiger partial charge >= 0.3 is 0 Å². The molecule has 0 spiro atoms. The van der Waals surface area contributed by atoms with E-state index < -0.39 is 5.92 Å². The number of nitrogens with zero attached hydrogens (tertiary/aromatic N) is 4. The topological polar surface area (TPSA) is 95.9 Å². The van der Waals surface area contributed by atoms with E-state index in [0.717, 1.165) is 64.3 Å². The number of hydrogen-bond donors (Lipinski definition) is 3. The molecule has 3 aromatic heterocycles. The SMILES string of the molecule is Cc1nc(NCC2CC(F)(F)C2)nc(N[C@H]2CC[C@@H](CO)C2)c1-c1nc2c(C3CC3)nccc2s1. The molecule has 3 N–H and O–H groups in total. The Morgan fingerprint density at radius 3 is 2.66 bits per heavy atom. The van der Waals surface area contributed by atoms with Gasteiger partial charge in [-0.1, -0.05) is 0 Å². The number of pyridine rings is 1. The van der Waals surface area contributed by atoms with E-state index in [2.05, 4.69) is 20.6 Å². The summed E-state index contributed by atoms with van der Waals surface area (Å²) in [5, 5.41) is 17.2. The predicted molar refractivity (Wildman–Crippen MR) is 133 cm³/mol. The Morgan fingerprint density at radius 2 is 1.94 bits per heavy atom. The van der Waals surface area contributed by atoms with Gasteiger partial charge in [-0.25, -0.2) is 18.7 Å². The maximum absolute atomic E-state index is 13.2. The first kappa shape index (κ1) is 23.0. The highest BCUT2D eigenvalue weighted by molar-refractivity contribution is 7.21. The number of rotatable bonds is 8. The molecule has 0 unspecified atom stereocenters. The second-order valence-corrected chi connectivity index (χ2v) is 11.4. The van der Waals surface area contributed by atoms with Crippen molar-refractivity contribution in [2.24, 2.45) is 11.8 Å². The zero-order valence-electron chi connectivity index (χ0n) is 19.7. The van der Waals surface area contributed by atoms with Crippen LogP contribution in [0.25, 0.3) is 20.8 Å². The van der Waals surface area contributed by atoms with E-state index >= 15 is 0 Å². The van der Waals surface area contributed by atoms with Gasteiger partial charge in [0.05, 0.1) is 21.7 Å². The van der Waals surface area contributed by atoms with Crippen LogP contribution in [0, 0.1) is 18.8 Å². The van der Waals surface area contributed by atoms with Crippen molar-refractivity contribution >= 4 is 33.3 Å². The average Bonchev–Trinajstić information content (AvgIpc) is 3.40. The molecule has 3 fully saturated rings. The number of nitrogens with one attached hydrogen (secondary N) is 2. The normalized spacial score (nSPS) is 24.0. The molecule has 3 aliphatic rings. The van der Waals surface area contributed by atoms with E-state index in [4.69, 9.17) is 9.97 Å². The maximum atomic E-state index is 13.2. The van der Waals surface area contributed by atoms with E-state index in [9.17, 15) is 13.9 Å². The summed E-state index contributed by atoms with van der Waals surface area (Å²) >= 11 is 1.62. The van der Waals surface area contributed by atoms with Gasteiger partial charge in [0.1, 0.15) is 16.3 Å². The molecule has 3 aliphatic carbocycles. The first-order valence-electron chi connectivity index (χ1n) is 12.5. The third-order valence-corrected chi connectivity index (χ3v) is 8.51. The van der Waals surface area contributed by atoms with Gasteiger partial charge in [-0.05, 0) is 56.9 Å². The smallest absolute Gasteiger partial charge is 0.248 e. The van der Waals surface area contributed by atoms with Crippen molar-refractivity contribution in [1.82, 2.24) is 19.9 Å². The Hall–Kier alpha value is -2.46. The molecule has 186 valence electrons. The highest BCUT2D eigenvalue weighted by atomic mass is 32.1. The highest BCUT2D eigenvalue weighted by Crippen LogP contribution is 2.45. The summed E-state index contributed by atoms with van der Waals surface area (Å²) in [6, 6.07) is 2.22. The molecule has 6 rings (SSSR count). The first-order valence-corrected chi connectivity index (χ1v) is 13.3. The maximum Gasteiger partial charge on any atom is 0.248 e. The summed E-state index contributed by atoms with van der Waals surface area (Å²) in [4.78, 5) is 19.1. The largest absolute Gasteiger partial charge is 0.396 e. The van der Waals surface area contributed by atoms with E-state index in [0.29, 0.717) is 30.1 Å². The molecule has 0 aliphatic heterocycles. The number of anilines is 2. The van der Waals surface area contributed by atoms with Crippen LogP contribution in [0.15, 0.2) is 12.3 Å². The monoisotopic (exact) mass is 500 g/mol. The minimum atomic E-state index is -2.54. The number of aliphatic hydroxyl groups excluding tert-OH is 1. The fourth-order valence-corrected chi connectivity index (χ4v) is 6.45. The molecular formula is C25H30F2N6OS. The summed E-state index contributed by atoms with van der Waals surface area (Å²) in [6.07, 6.45) is 6.84. The minimum Gasteiger partial charge on any atom is -0.396 e. The van der Waals surface area contributed by atoms with Crippen LogP contribution in [0.5, 0.6) is 0 Å². The average molecular weight is 501 g/mol. The molecular weight excluding hydrogens is 470 g/mol. The van der Waals surface area contributed by atoms with E-state index in [1.807, 2.05) is 19.2 Å². The second-order valence-electron chi connectivity index (χ2n) is 10.4. The van der Waals surface area contributed by atoms with Crippen LogP contribution in [-0.2, 0) is 0 Å². The number of aromatic nitrogens is 4. The number of fused-ring (bicyclic) bond motifs is 1. The number of thiazole rings is 1. The molecule has 3 saturated carbocycles. The highest BCUT2D eigenvalue weighted by Gasteiger charge is 2.45. The van der Waals surface area contributed by atoms with E-state index in [-0.39, 0.29) is 31.4 Å². The Balaban J connectivity index is 1.32. The van der Waals surface area contributed by atoms with Crippen LogP contribution in [0.1, 0.15) is 62.3 Å². The molecule has 3 heterocycles. The van der Waals surface area contributed by atoms with Crippen molar-refractivity contribution in [2.45, 2.75) is 69.8 Å². The number of halogens is 2. The second kappa shape index (κ2) is 8.89. The van der Waals surface area contributed by atoms with Crippen molar-refractivity contribution in [1.29, 1.82) is 0 Å². The van der Waals surface area contributed by atoms with Crippen LogP contribution in [0.3, 0.4) is 0 Å². The third kappa shape index (κ3) is 4.70. The number of hydrogen-bond acceptors (Lipinski definition) is 8. The van der Waals surface area contributed by atoms with Gasteiger partial charge in [0.15, 0.2) is 0 Å². The van der Waals surface area contributed by atoms with Crippen LogP contribution >= 0.6 is 11.3 Å². The minimum absolute atomic E-state index is 0.0669. The van der Waals surface area contributed by atoms with Gasteiger partial charge < -0.3 is 15.7 Å². The summed E-state index contributed by atoms with van der Waals surface area (Å²) in [5.41, 5.74) is 3.71. The fraction of sp³-hybridized carbons (Fsp3) is 0.600. The quantitative estimate of drug-likeness (QED) is 0.383. The van der Waals surface area contributed by atoms with Gasteiger partial charge in [0.2, 0.25) is 11.9 Å². The van der Waals surface area contributed by atoms with Gasteiger partial charge in [-0.2, -0.15) is 4.98 Å². The van der Waals surface area contributed by atoms with Gasteiger partial charge in [0.25, 0.3) is 0 Å². The zero-order valence-corrected chi connectivity index (χ0v) is 20.5. The van der Waals surface area contributed by atoms with E-state index in [1.54, 1.807) is 11.3 Å². The van der Waals surface area contributed by atoms with Crippen molar-refractivity contribution in [3.8, 4) is 10.6 Å². The van der Waals surface area contributed by atoms with Gasteiger partial charge in [-0.15, -0.1) is 11.3 Å². The fourth-order valence-electron chi connectivity index (χ4n) is 5.38. The number of aryl methyl sites for hydroxylation is 1. The Bertz CT molecular complexity index is 1240. The standard InChI is InChI=1S/C25H30F2N6OS/c1-13-19(23-32-21-18(35-23)6-7-28-20(21)16-3-4-16)22(31-17-5-2-14(8-17)12-34)33-24(30-13)29-11-15-9-25(26,27)10-15/h6-7,14-17,34H,2-5,8-12H2,1H3,(H2,29,30,31,33)/t14-,17+/m1/s1. The van der Waals surface area contributed by atoms with Crippen molar-refractivity contribution in [3.05, 3.63) is 23.7 Å². The Kier molecular flexibility index (Phi) is 5.83. The predicted octanol–water partition coefficient (Wildman–Crippen LogP) is 5.36. The van der Waals surface area contributed by atoms with Crippen LogP contribution in [-0.4, -0.2) is 50.2 Å². The molecule has 35 heavy (non-hydrogen) atoms. The molecule has 2 atom stereocenters. The van der Waals surface area contributed by atoms with Crippen molar-refractivity contribution < 1.29 is 13.9 Å². The molecule has 0 aromatic carbocycles. The summed E-state index contributed by atoms with van der Waals surface area (Å²) in [7, 11) is 0. The van der Waals surface area contributed by atoms with Gasteiger partial charge in [-0.3, -0.25) is 4.98 Å². The van der Waals surface area contributed by atoms with Crippen molar-refractivity contribution in [3.63, 3.8) is 0 Å². The lowest BCUT2D eigenvalue weighted by molar-refractivity contribution is -0.106. The summed E-state index contributed by atoms with van der Waals surface area (Å²) in [5.74, 6) is -0.645. The Labute approximate surface area is 206 Å². The lowest BCUT2D eigenvalue weighted by atomic mass is 9.81. The molecule has 7 nitrogen and oxygen atoms in total. The van der Waals surface area contributed by atoms with Crippen LogP contribution in [0.2, 0.25) is 0 Å². The Morgan fingerprint density at radius 1 is 1.11 bits per heavy atom. The summed E-state index contributed by atoms with van der Waals surface area (Å²) in [6.45, 7) is 2.57. The van der Waals surface area contributed by atoms with Gasteiger partial charge in [0, 0.05) is 44.1 Å². The molecule has 3 aromatic rings. The molecule has 10 heteroatoms. The first-order chi connectivity index (χ1) is 16.9. The summed E-state index contributed by atoms with van der Waals surface area (Å²) < 4.78 is 27.6. The lowest BCUT2D eigenvalue weighted by Gasteiger charge is -2.34. The van der Waals surface area contributed by atoms with Crippen LogP contribution in [0.4, 0.5) is 20.5 Å². The van der Waals surface area contributed by atoms with E-state index in [1.165, 1.54) is 0 Å². The third-order valence-electron chi connectivity index (χ3n) is 7.47. The number of alkyl halides is 2. The molecule has 0 saturated heterocycles. The number of aliphatic hydroxyl groups is 1. The van der Waals surface area contributed by atoms with Crippen molar-refractivity contribution in [2.75, 3.05) is 23.8 Å². The molecule has 0 bridgehead atoms. The molecule has 0 radical (unpaired) electrons.